The monoisotopic (exact) mass is 380 g/mol. The normalized spacial score (nSPS) is 10.6. The number of nitrogens with one attached hydrogen (secondary N) is 1. The van der Waals surface area contributed by atoms with E-state index in [-0.39, 0.29) is 11.6 Å². The van der Waals surface area contributed by atoms with Gasteiger partial charge in [-0.25, -0.2) is 15.0 Å². The first-order valence-corrected chi connectivity index (χ1v) is 8.58. The Morgan fingerprint density at radius 1 is 1.15 bits per heavy atom. The van der Waals surface area contributed by atoms with Crippen molar-refractivity contribution in [2.75, 3.05) is 12.4 Å². The van der Waals surface area contributed by atoms with Crippen molar-refractivity contribution in [1.82, 2.24) is 34.9 Å². The Kier molecular flexibility index (Phi) is 4.49. The lowest BCUT2D eigenvalue weighted by Gasteiger charge is -2.03. The Bertz CT molecular complexity index is 1060. The maximum atomic E-state index is 12.6. The smallest absolute Gasteiger partial charge is 0.277 e. The van der Waals surface area contributed by atoms with Crippen LogP contribution < -0.4 is 10.1 Å². The van der Waals surface area contributed by atoms with Crippen LogP contribution in [0.4, 0.5) is 5.13 Å². The van der Waals surface area contributed by atoms with Crippen molar-refractivity contribution in [3.05, 3.63) is 54.1 Å². The molecule has 0 fully saturated rings. The van der Waals surface area contributed by atoms with E-state index in [1.54, 1.807) is 49.3 Å². The molecule has 0 aromatic carbocycles. The third-order valence-electron chi connectivity index (χ3n) is 3.48. The van der Waals surface area contributed by atoms with Crippen molar-refractivity contribution in [3.63, 3.8) is 0 Å². The van der Waals surface area contributed by atoms with E-state index in [1.165, 1.54) is 22.2 Å². The molecule has 0 aliphatic heterocycles. The molecule has 134 valence electrons. The van der Waals surface area contributed by atoms with Gasteiger partial charge in [-0.05, 0) is 18.2 Å². The zero-order valence-electron chi connectivity index (χ0n) is 14.0. The van der Waals surface area contributed by atoms with Crippen molar-refractivity contribution in [1.29, 1.82) is 0 Å². The fraction of sp³-hybridized carbons (Fsp3) is 0.0625. The van der Waals surface area contributed by atoms with Gasteiger partial charge in [-0.1, -0.05) is 5.21 Å². The minimum absolute atomic E-state index is 0.195. The van der Waals surface area contributed by atoms with E-state index in [0.29, 0.717) is 22.3 Å². The zero-order chi connectivity index (χ0) is 18.6. The third kappa shape index (κ3) is 3.48. The van der Waals surface area contributed by atoms with Crippen molar-refractivity contribution in [2.45, 2.75) is 0 Å². The van der Waals surface area contributed by atoms with Crippen LogP contribution >= 0.6 is 11.3 Å². The van der Waals surface area contributed by atoms with E-state index >= 15 is 0 Å². The lowest BCUT2D eigenvalue weighted by molar-refractivity contribution is 0.101. The molecule has 0 aliphatic rings. The van der Waals surface area contributed by atoms with Gasteiger partial charge in [-0.3, -0.25) is 15.1 Å². The number of ether oxygens (including phenoxy) is 1. The number of anilines is 1. The summed E-state index contributed by atoms with van der Waals surface area (Å²) in [5.74, 6) is 0.491. The molecular formula is C16H12N8O2S. The molecule has 0 saturated carbocycles. The van der Waals surface area contributed by atoms with Gasteiger partial charge in [0.15, 0.2) is 10.8 Å². The van der Waals surface area contributed by atoms with Crippen LogP contribution in [0.15, 0.2) is 48.4 Å². The van der Waals surface area contributed by atoms with Crippen LogP contribution in [-0.2, 0) is 0 Å². The number of methoxy groups -OCH3 is 1. The van der Waals surface area contributed by atoms with E-state index in [0.717, 1.165) is 0 Å². The summed E-state index contributed by atoms with van der Waals surface area (Å²) in [6, 6.07) is 5.26. The molecule has 0 unspecified atom stereocenters. The number of rotatable bonds is 5. The number of nitrogens with zero attached hydrogens (tertiary/aromatic N) is 7. The van der Waals surface area contributed by atoms with Gasteiger partial charge < -0.3 is 4.74 Å². The Morgan fingerprint density at radius 2 is 2.00 bits per heavy atom. The number of carbonyl (C=O) groups is 1. The van der Waals surface area contributed by atoms with Crippen LogP contribution in [0.25, 0.3) is 17.3 Å². The Hall–Kier alpha value is -3.73. The molecule has 0 bridgehead atoms. The molecular weight excluding hydrogens is 368 g/mol. The van der Waals surface area contributed by atoms with Gasteiger partial charge in [0.2, 0.25) is 0 Å². The number of hydrogen-bond donors (Lipinski definition) is 1. The summed E-state index contributed by atoms with van der Waals surface area (Å²) in [4.78, 5) is 29.4. The largest absolute Gasteiger partial charge is 0.495 e. The second kappa shape index (κ2) is 7.25. The highest BCUT2D eigenvalue weighted by Crippen LogP contribution is 2.25. The van der Waals surface area contributed by atoms with E-state index in [1.807, 2.05) is 0 Å². The quantitative estimate of drug-likeness (QED) is 0.557. The van der Waals surface area contributed by atoms with E-state index in [2.05, 4.69) is 35.6 Å². The van der Waals surface area contributed by atoms with Crippen molar-refractivity contribution >= 4 is 22.4 Å². The minimum atomic E-state index is -0.420. The first-order chi connectivity index (χ1) is 13.2. The molecule has 11 heteroatoms. The Balaban J connectivity index is 1.53. The lowest BCUT2D eigenvalue weighted by atomic mass is 10.3. The third-order valence-corrected chi connectivity index (χ3v) is 4.24. The van der Waals surface area contributed by atoms with Crippen molar-refractivity contribution in [2.24, 2.45) is 0 Å². The second-order valence-corrected chi connectivity index (χ2v) is 6.01. The highest BCUT2D eigenvalue weighted by atomic mass is 32.1. The molecule has 4 aromatic rings. The molecule has 0 spiro atoms. The number of carbonyl (C=O) groups excluding carboxylic acids is 1. The number of aromatic nitrogens is 7. The standard InChI is InChI=1S/C16H12N8O2S/c1-26-10-3-4-11(19-7-10)12-9-27-16(21-12)22-14(25)13-8-20-23-24(13)15-17-5-2-6-18-15/h2-9H,1H3,(H,21,22,25). The van der Waals surface area contributed by atoms with E-state index in [9.17, 15) is 4.79 Å². The molecule has 1 N–H and O–H groups in total. The highest BCUT2D eigenvalue weighted by molar-refractivity contribution is 7.14. The Morgan fingerprint density at radius 3 is 2.74 bits per heavy atom. The summed E-state index contributed by atoms with van der Waals surface area (Å²) in [6.45, 7) is 0. The molecule has 4 aromatic heterocycles. The van der Waals surface area contributed by atoms with Gasteiger partial charge in [-0.2, -0.15) is 4.68 Å². The molecule has 0 saturated heterocycles. The maximum absolute atomic E-state index is 12.6. The molecule has 1 amide bonds. The summed E-state index contributed by atoms with van der Waals surface area (Å²) in [7, 11) is 1.58. The SMILES string of the molecule is COc1ccc(-c2csc(NC(=O)c3cnnn3-c3ncccn3)n2)nc1. The van der Waals surface area contributed by atoms with Gasteiger partial charge in [0.1, 0.15) is 11.4 Å². The van der Waals surface area contributed by atoms with Gasteiger partial charge in [0, 0.05) is 17.8 Å². The van der Waals surface area contributed by atoms with Crippen LogP contribution in [0.1, 0.15) is 10.5 Å². The van der Waals surface area contributed by atoms with Gasteiger partial charge in [0.25, 0.3) is 11.9 Å². The number of amides is 1. The fourth-order valence-electron chi connectivity index (χ4n) is 2.20. The molecule has 10 nitrogen and oxygen atoms in total. The van der Waals surface area contributed by atoms with E-state index < -0.39 is 5.91 Å². The van der Waals surface area contributed by atoms with Crippen LogP contribution in [0.3, 0.4) is 0 Å². The van der Waals surface area contributed by atoms with E-state index in [4.69, 9.17) is 4.74 Å². The number of thiazole rings is 1. The average molecular weight is 380 g/mol. The highest BCUT2D eigenvalue weighted by Gasteiger charge is 2.18. The summed E-state index contributed by atoms with van der Waals surface area (Å²) in [5.41, 5.74) is 1.52. The first kappa shape index (κ1) is 16.7. The first-order valence-electron chi connectivity index (χ1n) is 7.70. The van der Waals surface area contributed by atoms with Crippen LogP contribution in [0, 0.1) is 0 Å². The number of hydrogen-bond acceptors (Lipinski definition) is 9. The maximum Gasteiger partial charge on any atom is 0.277 e. The predicted molar refractivity (Wildman–Crippen MR) is 96.8 cm³/mol. The van der Waals surface area contributed by atoms with Gasteiger partial charge in [0.05, 0.1) is 25.2 Å². The summed E-state index contributed by atoms with van der Waals surface area (Å²) in [5, 5.41) is 12.6. The second-order valence-electron chi connectivity index (χ2n) is 5.16. The number of pyridine rings is 1. The summed E-state index contributed by atoms with van der Waals surface area (Å²) in [6.07, 6.45) is 6.06. The van der Waals surface area contributed by atoms with Crippen LogP contribution in [0.5, 0.6) is 5.75 Å². The van der Waals surface area contributed by atoms with Crippen LogP contribution in [-0.4, -0.2) is 47.9 Å². The molecule has 0 aliphatic carbocycles. The zero-order valence-corrected chi connectivity index (χ0v) is 14.8. The van der Waals surface area contributed by atoms with Crippen molar-refractivity contribution in [3.8, 4) is 23.1 Å². The molecule has 4 rings (SSSR count). The molecule has 0 radical (unpaired) electrons. The summed E-state index contributed by atoms with van der Waals surface area (Å²) >= 11 is 1.29. The molecule has 4 heterocycles. The molecule has 27 heavy (non-hydrogen) atoms. The topological polar surface area (TPSA) is 121 Å². The van der Waals surface area contributed by atoms with Crippen LogP contribution in [0.2, 0.25) is 0 Å². The lowest BCUT2D eigenvalue weighted by Crippen LogP contribution is -2.18. The molecule has 0 atom stereocenters. The fourth-order valence-corrected chi connectivity index (χ4v) is 2.90. The minimum Gasteiger partial charge on any atom is -0.495 e. The average Bonchev–Trinajstić information content (AvgIpc) is 3.38. The predicted octanol–water partition coefficient (Wildman–Crippen LogP) is 1.84. The van der Waals surface area contributed by atoms with Gasteiger partial charge >= 0.3 is 0 Å². The summed E-state index contributed by atoms with van der Waals surface area (Å²) < 4.78 is 6.35. The van der Waals surface area contributed by atoms with Gasteiger partial charge in [-0.15, -0.1) is 16.4 Å². The van der Waals surface area contributed by atoms with Crippen molar-refractivity contribution < 1.29 is 9.53 Å². The Labute approximate surface area is 156 Å².